The van der Waals surface area contributed by atoms with E-state index >= 15 is 0 Å². The third kappa shape index (κ3) is 7.26. The molecule has 264 valence electrons. The van der Waals surface area contributed by atoms with Crippen molar-refractivity contribution in [1.82, 2.24) is 39.2 Å². The van der Waals surface area contributed by atoms with Crippen LogP contribution in [0.2, 0.25) is 0 Å². The molecule has 2 saturated heterocycles. The number of rotatable bonds is 7. The summed E-state index contributed by atoms with van der Waals surface area (Å²) < 4.78 is 55.6. The lowest BCUT2D eigenvalue weighted by Crippen LogP contribution is -2.38. The van der Waals surface area contributed by atoms with Gasteiger partial charge in [-0.3, -0.25) is 9.36 Å². The zero-order valence-electron chi connectivity index (χ0n) is 28.7. The summed E-state index contributed by atoms with van der Waals surface area (Å²) in [5.41, 5.74) is 8.08. The Hall–Kier alpha value is -4.33. The third-order valence-corrected chi connectivity index (χ3v) is 11.6. The van der Waals surface area contributed by atoms with Gasteiger partial charge in [-0.2, -0.15) is 10.2 Å². The topological polar surface area (TPSA) is 117 Å². The van der Waals surface area contributed by atoms with Gasteiger partial charge in [0.2, 0.25) is 10.0 Å². The molecule has 0 unspecified atom stereocenters. The second kappa shape index (κ2) is 14.1. The van der Waals surface area contributed by atoms with Crippen LogP contribution in [0.5, 0.6) is 0 Å². The Morgan fingerprint density at radius 3 is 2.08 bits per heavy atom. The summed E-state index contributed by atoms with van der Waals surface area (Å²) in [6.45, 7) is 9.30. The molecule has 0 bridgehead atoms. The van der Waals surface area contributed by atoms with E-state index in [1.54, 1.807) is 16.4 Å². The minimum absolute atomic E-state index is 0.217. The number of nitrogens with zero attached hydrogens (tertiary/aromatic N) is 5. The second-order valence-corrected chi connectivity index (χ2v) is 15.7. The number of H-pyrrole nitrogens is 2. The highest BCUT2D eigenvalue weighted by Gasteiger charge is 2.25. The van der Waals surface area contributed by atoms with Crippen LogP contribution in [0.25, 0.3) is 44.1 Å². The molecule has 3 N–H and O–H groups in total. The molecule has 8 rings (SSSR count). The van der Waals surface area contributed by atoms with Crippen molar-refractivity contribution in [2.45, 2.75) is 52.6 Å². The highest BCUT2D eigenvalue weighted by Crippen LogP contribution is 2.34. The molecule has 6 heterocycles. The van der Waals surface area contributed by atoms with E-state index < -0.39 is 10.0 Å². The van der Waals surface area contributed by atoms with Gasteiger partial charge in [-0.1, -0.05) is 0 Å². The molecule has 10 nitrogen and oxygen atoms in total. The Bertz CT molecular complexity index is 2220. The molecule has 2 fully saturated rings. The minimum atomic E-state index is -3.09. The molecule has 0 atom stereocenters. The van der Waals surface area contributed by atoms with E-state index in [9.17, 15) is 17.2 Å². The fourth-order valence-electron chi connectivity index (χ4n) is 7.51. The number of aryl methyl sites for hydroxylation is 1. The highest BCUT2D eigenvalue weighted by atomic mass is 32.2. The largest absolute Gasteiger partial charge is 0.360 e. The van der Waals surface area contributed by atoms with Gasteiger partial charge in [0.05, 0.1) is 18.1 Å². The lowest BCUT2D eigenvalue weighted by atomic mass is 9.98. The predicted octanol–water partition coefficient (Wildman–Crippen LogP) is 6.63. The first kappa shape index (κ1) is 34.1. The number of fused-ring (bicyclic) bond motifs is 2. The Morgan fingerprint density at radius 1 is 0.840 bits per heavy atom. The van der Waals surface area contributed by atoms with E-state index in [0.29, 0.717) is 24.9 Å². The summed E-state index contributed by atoms with van der Waals surface area (Å²) in [5, 5.41) is 14.7. The van der Waals surface area contributed by atoms with Crippen molar-refractivity contribution in [3.05, 3.63) is 84.2 Å². The van der Waals surface area contributed by atoms with Gasteiger partial charge in [-0.05, 0) is 101 Å². The van der Waals surface area contributed by atoms with E-state index in [0.717, 1.165) is 83.2 Å². The quantitative estimate of drug-likeness (QED) is 0.173. The van der Waals surface area contributed by atoms with Gasteiger partial charge in [0.15, 0.2) is 0 Å². The normalized spacial score (nSPS) is 16.7. The van der Waals surface area contributed by atoms with Crippen molar-refractivity contribution < 1.29 is 17.2 Å². The molecular formula is C37H44F2N8O2S. The number of piperidine rings is 2. The van der Waals surface area contributed by atoms with Crippen molar-refractivity contribution in [1.29, 1.82) is 0 Å². The number of nitrogens with one attached hydrogen (secondary N) is 3. The van der Waals surface area contributed by atoms with Crippen LogP contribution in [-0.4, -0.2) is 74.7 Å². The first-order valence-corrected chi connectivity index (χ1v) is 19.1. The molecule has 4 aromatic heterocycles. The number of hydrogen-bond donors (Lipinski definition) is 3. The lowest BCUT2D eigenvalue weighted by Gasteiger charge is -2.30. The van der Waals surface area contributed by atoms with E-state index in [1.165, 1.54) is 48.6 Å². The molecular weight excluding hydrogens is 659 g/mol. The molecule has 0 saturated carbocycles. The zero-order chi connectivity index (χ0) is 35.0. The average molecular weight is 703 g/mol. The first-order chi connectivity index (χ1) is 24.0. The summed E-state index contributed by atoms with van der Waals surface area (Å²) in [6.07, 6.45) is 13.0. The van der Waals surface area contributed by atoms with Crippen LogP contribution in [0.4, 0.5) is 8.78 Å². The standard InChI is InChI=1S/C19H23FN4.C18H21FN4O2S/c1-12-19(17-10-22-18-9-15(20)3-4-16(17)18)13(2)24(23-12)11-14-5-7-21-8-6-14;1-26(24,25)23-6-4-13(5-7-23)11-22-12-14(9-21-22)17-10-20-18-8-15(19)2-3-16(17)18/h3-4,9-10,14,21-22H,5-8,11H2,1-2H3;2-3,8-10,12-13,20H,4-7,11H2,1H3. The van der Waals surface area contributed by atoms with Crippen LogP contribution in [0.3, 0.4) is 0 Å². The van der Waals surface area contributed by atoms with Crippen LogP contribution >= 0.6 is 0 Å². The summed E-state index contributed by atoms with van der Waals surface area (Å²) >= 11 is 0. The maximum atomic E-state index is 13.4. The van der Waals surface area contributed by atoms with Gasteiger partial charge in [0, 0.05) is 94.5 Å². The maximum Gasteiger partial charge on any atom is 0.211 e. The number of halogens is 2. The van der Waals surface area contributed by atoms with Crippen molar-refractivity contribution in [3.8, 4) is 22.3 Å². The average Bonchev–Trinajstić information content (AvgIpc) is 3.88. The van der Waals surface area contributed by atoms with Crippen LogP contribution in [-0.2, 0) is 23.1 Å². The molecule has 2 aliphatic rings. The maximum absolute atomic E-state index is 13.4. The van der Waals surface area contributed by atoms with Crippen molar-refractivity contribution in [2.75, 3.05) is 32.4 Å². The van der Waals surface area contributed by atoms with E-state index in [1.807, 2.05) is 35.5 Å². The Kier molecular flexibility index (Phi) is 9.64. The van der Waals surface area contributed by atoms with Crippen molar-refractivity contribution in [2.24, 2.45) is 11.8 Å². The van der Waals surface area contributed by atoms with E-state index in [4.69, 9.17) is 5.10 Å². The van der Waals surface area contributed by atoms with Gasteiger partial charge >= 0.3 is 0 Å². The number of hydrogen-bond acceptors (Lipinski definition) is 5. The van der Waals surface area contributed by atoms with E-state index in [-0.39, 0.29) is 11.6 Å². The summed E-state index contributed by atoms with van der Waals surface area (Å²) in [5.74, 6) is 0.625. The molecule has 0 amide bonds. The van der Waals surface area contributed by atoms with Gasteiger partial charge < -0.3 is 15.3 Å². The Labute approximate surface area is 290 Å². The van der Waals surface area contributed by atoms with Crippen LogP contribution < -0.4 is 5.32 Å². The number of aromatic amines is 2. The van der Waals surface area contributed by atoms with Gasteiger partial charge in [-0.25, -0.2) is 21.5 Å². The number of sulfonamides is 1. The van der Waals surface area contributed by atoms with Crippen LogP contribution in [0, 0.1) is 37.3 Å². The first-order valence-electron chi connectivity index (χ1n) is 17.3. The SMILES string of the molecule is CS(=O)(=O)N1CCC(Cn2cc(-c3c[nH]c4cc(F)ccc34)cn2)CC1.Cc1nn(CC2CCNCC2)c(C)c1-c1c[nH]c2cc(F)ccc12. The Morgan fingerprint density at radius 2 is 1.44 bits per heavy atom. The van der Waals surface area contributed by atoms with Gasteiger partial charge in [0.25, 0.3) is 0 Å². The summed E-state index contributed by atoms with van der Waals surface area (Å²) in [4.78, 5) is 6.28. The Balaban J connectivity index is 0.000000157. The molecule has 0 aliphatic carbocycles. The molecule has 0 radical (unpaired) electrons. The highest BCUT2D eigenvalue weighted by molar-refractivity contribution is 7.88. The van der Waals surface area contributed by atoms with Gasteiger partial charge in [-0.15, -0.1) is 0 Å². The number of aromatic nitrogens is 6. The molecule has 2 aromatic carbocycles. The summed E-state index contributed by atoms with van der Waals surface area (Å²) in [6, 6.07) is 9.62. The molecule has 2 aliphatic heterocycles. The molecule has 6 aromatic rings. The molecule has 50 heavy (non-hydrogen) atoms. The van der Waals surface area contributed by atoms with Gasteiger partial charge in [0.1, 0.15) is 11.6 Å². The fourth-order valence-corrected chi connectivity index (χ4v) is 8.38. The number of benzene rings is 2. The van der Waals surface area contributed by atoms with Crippen LogP contribution in [0.1, 0.15) is 37.1 Å². The summed E-state index contributed by atoms with van der Waals surface area (Å²) in [7, 11) is -3.09. The second-order valence-electron chi connectivity index (χ2n) is 13.8. The lowest BCUT2D eigenvalue weighted by molar-refractivity contribution is 0.248. The third-order valence-electron chi connectivity index (χ3n) is 10.3. The minimum Gasteiger partial charge on any atom is -0.360 e. The van der Waals surface area contributed by atoms with Crippen LogP contribution in [0.15, 0.2) is 61.2 Å². The fraction of sp³-hybridized carbons (Fsp3) is 0.405. The predicted molar refractivity (Wildman–Crippen MR) is 193 cm³/mol. The molecule has 13 heteroatoms. The monoisotopic (exact) mass is 702 g/mol. The molecule has 0 spiro atoms. The smallest absolute Gasteiger partial charge is 0.211 e. The zero-order valence-corrected chi connectivity index (χ0v) is 29.5. The van der Waals surface area contributed by atoms with Crippen molar-refractivity contribution >= 4 is 31.8 Å². The van der Waals surface area contributed by atoms with Crippen molar-refractivity contribution in [3.63, 3.8) is 0 Å². The van der Waals surface area contributed by atoms with E-state index in [2.05, 4.69) is 38.9 Å².